The Kier molecular flexibility index (Phi) is 26.1. The Labute approximate surface area is 839 Å². The highest BCUT2D eigenvalue weighted by atomic mass is 79.9. The number of hydrogen-bond donors (Lipinski definition) is 2. The summed E-state index contributed by atoms with van der Waals surface area (Å²) in [5, 5.41) is 18.0. The van der Waals surface area contributed by atoms with Crippen molar-refractivity contribution in [1.29, 1.82) is 0 Å². The van der Waals surface area contributed by atoms with E-state index in [2.05, 4.69) is 84.2 Å². The van der Waals surface area contributed by atoms with Crippen LogP contribution in [-0.2, 0) is 11.8 Å². The summed E-state index contributed by atoms with van der Waals surface area (Å²) in [6, 6.07) is 52.5. The molecule has 10 aromatic carbocycles. The number of hydrogen-bond acceptors (Lipinski definition) is 15. The number of methoxy groups -OCH3 is 1. The predicted molar refractivity (Wildman–Crippen MR) is 542 cm³/mol. The fourth-order valence-electron chi connectivity index (χ4n) is 24.4. The second kappa shape index (κ2) is 39.9. The molecular weight excluding hydrogens is 1930 g/mol. The van der Waals surface area contributed by atoms with Crippen LogP contribution in [0.25, 0.3) is 67.4 Å². The number of fused-ring (bicyclic) bond motifs is 15. The first-order valence-electron chi connectivity index (χ1n) is 49.3. The maximum Gasteiger partial charge on any atom is 0.272 e. The Morgan fingerprint density at radius 2 is 0.710 bits per heavy atom. The first-order valence-corrected chi connectivity index (χ1v) is 50.1. The van der Waals surface area contributed by atoms with Crippen molar-refractivity contribution in [2.45, 2.75) is 107 Å². The number of nitro groups is 1. The number of ether oxygens (including phenoxy) is 1. The normalized spacial score (nSPS) is 19.5. The number of nitrogens with one attached hydrogen (secondary N) is 1. The van der Waals surface area contributed by atoms with E-state index >= 15 is 0 Å². The van der Waals surface area contributed by atoms with Crippen molar-refractivity contribution in [3.8, 4) is 73.2 Å². The Balaban J connectivity index is 0.000000103. The molecule has 1 amide bonds. The molecule has 33 heteroatoms. The largest absolute Gasteiger partial charge is 0.497 e. The van der Waals surface area contributed by atoms with Crippen molar-refractivity contribution in [2.24, 2.45) is 42.6 Å². The molecule has 0 radical (unpaired) electrons. The van der Waals surface area contributed by atoms with Crippen LogP contribution in [0, 0.1) is 98.0 Å². The van der Waals surface area contributed by atoms with Crippen molar-refractivity contribution in [3.63, 3.8) is 0 Å². The fraction of sp³-hybridized carbons (Fsp3) is 0.295. The second-order valence-corrected chi connectivity index (χ2v) is 40.0. The second-order valence-electron chi connectivity index (χ2n) is 39.1. The maximum absolute atomic E-state index is 15.0. The number of aryl methyl sites for hydroxylation is 1. The molecule has 9 aliphatic heterocycles. The van der Waals surface area contributed by atoms with Crippen molar-refractivity contribution in [3.05, 3.63) is 358 Å². The van der Waals surface area contributed by atoms with Gasteiger partial charge in [0.2, 0.25) is 5.91 Å². The van der Waals surface area contributed by atoms with E-state index in [0.717, 1.165) is 228 Å². The number of non-ortho nitro benzene ring substituents is 1. The number of benzene rings is 10. The van der Waals surface area contributed by atoms with E-state index in [0.29, 0.717) is 53.0 Å². The van der Waals surface area contributed by atoms with Crippen LogP contribution in [0.2, 0.25) is 0 Å². The zero-order valence-corrected chi connectivity index (χ0v) is 81.0. The lowest BCUT2D eigenvalue weighted by Crippen LogP contribution is -2.37. The van der Waals surface area contributed by atoms with E-state index in [9.17, 15) is 54.4 Å². The number of piperidine rings is 4. The number of aromatic nitrogens is 12. The minimum Gasteiger partial charge on any atom is -0.497 e. The van der Waals surface area contributed by atoms with Crippen LogP contribution in [0.4, 0.5) is 79.3 Å². The van der Waals surface area contributed by atoms with Gasteiger partial charge in [-0.2, -0.15) is 5.10 Å². The predicted octanol–water partition coefficient (Wildman–Crippen LogP) is 24.3. The Bertz CT molecular complexity index is 7380. The van der Waals surface area contributed by atoms with E-state index in [1.807, 2.05) is 126 Å². The third-order valence-electron chi connectivity index (χ3n) is 31.2. The van der Waals surface area contributed by atoms with Gasteiger partial charge < -0.3 is 58.2 Å². The molecule has 3 N–H and O–H groups in total. The van der Waals surface area contributed by atoms with E-state index < -0.39 is 10.7 Å². The average molecular weight is 2030 g/mol. The van der Waals surface area contributed by atoms with E-state index in [-0.39, 0.29) is 118 Å². The molecule has 1 aliphatic carbocycles. The molecule has 0 bridgehead atoms. The molecule has 0 spiro atoms. The van der Waals surface area contributed by atoms with Crippen molar-refractivity contribution < 1.29 is 54.0 Å². The summed E-state index contributed by atoms with van der Waals surface area (Å²) in [4.78, 5) is 52.5. The third-order valence-corrected chi connectivity index (χ3v) is 31.7. The van der Waals surface area contributed by atoms with Gasteiger partial charge in [-0.15, -0.1) is 0 Å². The minimum atomic E-state index is -0.603. The molecule has 26 rings (SSSR count). The average Bonchev–Trinajstić information content (AvgIpc) is 1.60. The van der Waals surface area contributed by atoms with Gasteiger partial charge in [-0.25, -0.2) is 64.4 Å². The lowest BCUT2D eigenvalue weighted by Gasteiger charge is -2.37. The Morgan fingerprint density at radius 3 is 1.04 bits per heavy atom. The maximum atomic E-state index is 15.0. The molecule has 5 fully saturated rings. The third kappa shape index (κ3) is 18.0. The molecule has 740 valence electrons. The number of nitrogens with two attached hydrogens (primary N) is 1. The van der Waals surface area contributed by atoms with Gasteiger partial charge >= 0.3 is 0 Å². The standard InChI is InChI=1S/C25H23F2N5.C24H24FN3O2.C21H18BrF2N3.C21H18F2N4O2.C21H20F2N4/c1-30-14-18(12-29-30)17-5-6-22(21(27)11-17)31-9-7-16(8-10-31)25-24-19(3-2-4-20(24)26)23-13-28-15-32(23)25;1-30-18-5-2-4-17(12-18)27-24(29)16-10-8-15(9-11-16)23-22-19(6-3-7-20(22)25)21-13-26-14-28(21)23;22-14-4-5-18(17(24)10-14)26-8-6-13(7-9-26)21-20-15(2-1-3-16(20)23)19-11-25-12-27(19)21;22-16-3-1-2-15-19-11-24-12-26(19)21(20(15)16)13-6-8-25(9-7-13)18-5-4-14(27(28)29)10-17(18)23;22-16-3-1-2-15-19-11-25-12-27(19)21(20(15)16)13-6-8-26(9-7-13)18-5-4-14(24)10-17(18)23/h2-6,11-16,25H,7-10H2,1H3;2-7,12-16,23H,8-11H2,1H3,(H,27,29);1-5,10-13,21H,6-9H2;1-5,10-13,21H,6-9H2;1-5,10-13,21H,6-9,24H2/t;15?,16?,23-;;;/m.1.../s1. The zero-order valence-electron chi connectivity index (χ0n) is 79.4. The molecule has 10 aliphatic rings. The molecule has 6 aromatic heterocycles. The summed E-state index contributed by atoms with van der Waals surface area (Å²) in [6.07, 6.45) is 31.7. The van der Waals surface area contributed by atoms with Crippen molar-refractivity contribution >= 4 is 61.6 Å². The summed E-state index contributed by atoms with van der Waals surface area (Å²) >= 11 is 3.31. The SMILES string of the molecule is COc1cccc(NC(=O)C2CCC([C@@H]3c4c(F)cccc4-c4cncn43)CC2)c1.Cn1cc(-c2ccc(N3CCC(C4c5c(F)cccc5-c5cncn54)CC3)c(F)c2)cn1.Fc1cc(Br)ccc1N1CCC(C2c3c(F)cccc3-c3cncn32)CC1.Nc1ccc(N2CCC(C3c4c(F)cccc4-c4cncn43)CC2)c(F)c1.O=[N+]([O-])c1ccc(N2CCC(C3c4c(F)cccc4-c4cncn43)CC2)c(F)c1. The molecular formula is C112H103BrF9N19O4. The minimum absolute atomic E-state index is 0.0313. The van der Waals surface area contributed by atoms with Gasteiger partial charge in [0.05, 0.1) is 168 Å². The number of carbonyl (C=O) groups is 1. The molecule has 16 aromatic rings. The van der Waals surface area contributed by atoms with E-state index in [1.165, 1.54) is 42.5 Å². The van der Waals surface area contributed by atoms with Gasteiger partial charge in [-0.05, 0) is 209 Å². The summed E-state index contributed by atoms with van der Waals surface area (Å²) in [5.41, 5.74) is 23.8. The lowest BCUT2D eigenvalue weighted by atomic mass is 9.76. The fourth-order valence-corrected chi connectivity index (χ4v) is 24.7. The number of nitrogens with zero attached hydrogens (tertiary/aromatic N) is 17. The summed E-state index contributed by atoms with van der Waals surface area (Å²) in [6.45, 7) is 5.65. The highest BCUT2D eigenvalue weighted by Gasteiger charge is 2.46. The lowest BCUT2D eigenvalue weighted by molar-refractivity contribution is -0.385. The number of halogens is 10. The first kappa shape index (κ1) is 94.9. The summed E-state index contributed by atoms with van der Waals surface area (Å²) in [7, 11) is 3.46. The quantitative estimate of drug-likeness (QED) is 0.0447. The number of rotatable bonds is 14. The van der Waals surface area contributed by atoms with E-state index in [1.54, 1.807) is 116 Å². The van der Waals surface area contributed by atoms with E-state index in [4.69, 9.17) is 10.5 Å². The number of imidazole rings is 5. The van der Waals surface area contributed by atoms with Crippen LogP contribution in [0.1, 0.15) is 135 Å². The van der Waals surface area contributed by atoms with Gasteiger partial charge in [0.25, 0.3) is 5.69 Å². The molecule has 4 saturated heterocycles. The van der Waals surface area contributed by atoms with Gasteiger partial charge in [0.1, 0.15) is 52.3 Å². The summed E-state index contributed by atoms with van der Waals surface area (Å²) < 4.78 is 150. The molecule has 145 heavy (non-hydrogen) atoms. The van der Waals surface area contributed by atoms with Crippen LogP contribution in [0.5, 0.6) is 5.75 Å². The smallest absolute Gasteiger partial charge is 0.272 e. The van der Waals surface area contributed by atoms with Crippen LogP contribution < -0.4 is 35.4 Å². The van der Waals surface area contributed by atoms with Crippen LogP contribution in [0.15, 0.2) is 268 Å². The molecule has 5 atom stereocenters. The molecule has 1 saturated carbocycles. The number of anilines is 6. The molecule has 23 nitrogen and oxygen atoms in total. The van der Waals surface area contributed by atoms with Crippen molar-refractivity contribution in [1.82, 2.24) is 57.5 Å². The van der Waals surface area contributed by atoms with Gasteiger partial charge in [-0.3, -0.25) is 19.6 Å². The molecule has 15 heterocycles. The number of carbonyl (C=O) groups excluding carboxylic acids is 1. The van der Waals surface area contributed by atoms with Crippen LogP contribution in [-0.4, -0.2) is 128 Å². The van der Waals surface area contributed by atoms with Crippen molar-refractivity contribution in [2.75, 3.05) is 90.1 Å². The van der Waals surface area contributed by atoms with Gasteiger partial charge in [0.15, 0.2) is 5.82 Å². The monoisotopic (exact) mass is 2030 g/mol. The highest BCUT2D eigenvalue weighted by Crippen LogP contribution is 2.55. The van der Waals surface area contributed by atoms with Gasteiger partial charge in [-0.1, -0.05) is 88.7 Å². The number of nitro benzene ring substituents is 1. The van der Waals surface area contributed by atoms with Gasteiger partial charge in [0, 0.05) is 161 Å². The Morgan fingerprint density at radius 1 is 0.379 bits per heavy atom. The molecule has 4 unspecified atom stereocenters. The van der Waals surface area contributed by atoms with Crippen LogP contribution >= 0.6 is 15.9 Å². The number of amides is 1. The number of nitrogen functional groups attached to an aromatic ring is 1. The Hall–Kier alpha value is -15.0. The highest BCUT2D eigenvalue weighted by molar-refractivity contribution is 9.10. The first-order chi connectivity index (χ1) is 70.6. The summed E-state index contributed by atoms with van der Waals surface area (Å²) in [5.74, 6) is -0.0784. The zero-order chi connectivity index (χ0) is 99.7. The van der Waals surface area contributed by atoms with Crippen LogP contribution in [0.3, 0.4) is 0 Å². The topological polar surface area (TPSA) is 227 Å².